The van der Waals surface area contributed by atoms with Gasteiger partial charge in [-0.25, -0.2) is 4.98 Å². The van der Waals surface area contributed by atoms with Crippen LogP contribution in [0, 0.1) is 0 Å². The zero-order valence-corrected chi connectivity index (χ0v) is 12.8. The number of rotatable bonds is 3. The third-order valence-corrected chi connectivity index (χ3v) is 5.00. The molecule has 0 N–H and O–H groups in total. The van der Waals surface area contributed by atoms with Gasteiger partial charge in [-0.1, -0.05) is 0 Å². The maximum Gasteiger partial charge on any atom is 0.0954 e. The van der Waals surface area contributed by atoms with E-state index in [2.05, 4.69) is 50.9 Å². The molecule has 0 spiro atoms. The van der Waals surface area contributed by atoms with Crippen LogP contribution in [0.2, 0.25) is 0 Å². The largest absolute Gasteiger partial charge is 0.357 e. The number of hydrogen-bond acceptors (Lipinski definition) is 2. The Morgan fingerprint density at radius 1 is 1.29 bits per heavy atom. The lowest BCUT2D eigenvalue weighted by atomic mass is 10.0. The highest BCUT2D eigenvalue weighted by Crippen LogP contribution is 2.28. The van der Waals surface area contributed by atoms with Crippen LogP contribution in [0.3, 0.4) is 0 Å². The lowest BCUT2D eigenvalue weighted by Crippen LogP contribution is -2.21. The molecule has 4 nitrogen and oxygen atoms in total. The summed E-state index contributed by atoms with van der Waals surface area (Å²) in [5, 5.41) is 0. The monoisotopic (exact) mass is 284 g/mol. The van der Waals surface area contributed by atoms with E-state index in [0.717, 1.165) is 13.1 Å². The van der Waals surface area contributed by atoms with Crippen molar-refractivity contribution < 1.29 is 0 Å². The van der Waals surface area contributed by atoms with E-state index in [1.54, 1.807) is 0 Å². The topological polar surface area (TPSA) is 26.0 Å². The molecule has 3 heterocycles. The summed E-state index contributed by atoms with van der Waals surface area (Å²) < 4.78 is 4.62. The van der Waals surface area contributed by atoms with E-state index in [-0.39, 0.29) is 0 Å². The Hall–Kier alpha value is -1.55. The maximum atomic E-state index is 4.65. The molecule has 4 rings (SSSR count). The second-order valence-corrected chi connectivity index (χ2v) is 6.62. The van der Waals surface area contributed by atoms with Crippen LogP contribution in [0.15, 0.2) is 24.8 Å². The Labute approximate surface area is 126 Å². The quantitative estimate of drug-likeness (QED) is 0.866. The highest BCUT2D eigenvalue weighted by molar-refractivity contribution is 5.18. The number of nitrogens with zero attached hydrogens (tertiary/aromatic N) is 4. The molecule has 21 heavy (non-hydrogen) atoms. The van der Waals surface area contributed by atoms with Gasteiger partial charge in [-0.3, -0.25) is 4.90 Å². The van der Waals surface area contributed by atoms with E-state index in [0.29, 0.717) is 6.04 Å². The lowest BCUT2D eigenvalue weighted by Gasteiger charge is -2.20. The van der Waals surface area contributed by atoms with Crippen molar-refractivity contribution in [3.8, 4) is 0 Å². The van der Waals surface area contributed by atoms with Crippen LogP contribution in [-0.4, -0.2) is 32.1 Å². The summed E-state index contributed by atoms with van der Waals surface area (Å²) in [7, 11) is 2.09. The first-order valence-electron chi connectivity index (χ1n) is 8.17. The summed E-state index contributed by atoms with van der Waals surface area (Å²) in [5.74, 6) is 0. The average molecular weight is 284 g/mol. The number of imidazole rings is 1. The van der Waals surface area contributed by atoms with Crippen LogP contribution in [-0.2, 0) is 26.4 Å². The summed E-state index contributed by atoms with van der Waals surface area (Å²) in [5.41, 5.74) is 4.31. The first-order valence-corrected chi connectivity index (χ1v) is 8.17. The zero-order chi connectivity index (χ0) is 14.2. The van der Waals surface area contributed by atoms with Gasteiger partial charge in [-0.2, -0.15) is 0 Å². The van der Waals surface area contributed by atoms with E-state index >= 15 is 0 Å². The van der Waals surface area contributed by atoms with Gasteiger partial charge in [0.1, 0.15) is 0 Å². The molecule has 4 heteroatoms. The summed E-state index contributed by atoms with van der Waals surface area (Å²) in [4.78, 5) is 7.23. The molecule has 0 amide bonds. The number of hydrogen-bond donors (Lipinski definition) is 0. The first-order chi connectivity index (χ1) is 10.3. The molecule has 0 aromatic carbocycles. The van der Waals surface area contributed by atoms with Gasteiger partial charge >= 0.3 is 0 Å². The Bertz CT molecular complexity index is 625. The number of fused-ring (bicyclic) bond motifs is 1. The number of aryl methyl sites for hydroxylation is 2. The minimum Gasteiger partial charge on any atom is -0.357 e. The summed E-state index contributed by atoms with van der Waals surface area (Å²) in [6, 6.07) is 2.86. The molecule has 1 aliphatic carbocycles. The number of aromatic nitrogens is 3. The molecule has 1 aliphatic heterocycles. The van der Waals surface area contributed by atoms with E-state index in [1.165, 1.54) is 55.6 Å². The fourth-order valence-corrected chi connectivity index (χ4v) is 3.90. The van der Waals surface area contributed by atoms with Gasteiger partial charge in [-0.05, 0) is 43.7 Å². The van der Waals surface area contributed by atoms with E-state index < -0.39 is 0 Å². The highest BCUT2D eigenvalue weighted by atomic mass is 15.2. The van der Waals surface area contributed by atoms with Crippen molar-refractivity contribution in [2.75, 3.05) is 13.1 Å². The van der Waals surface area contributed by atoms with Crippen LogP contribution in [0.1, 0.15) is 42.3 Å². The van der Waals surface area contributed by atoms with E-state index in [9.17, 15) is 0 Å². The Balaban J connectivity index is 1.45. The van der Waals surface area contributed by atoms with Crippen LogP contribution in [0.4, 0.5) is 0 Å². The van der Waals surface area contributed by atoms with Crippen molar-refractivity contribution in [3.63, 3.8) is 0 Å². The molecule has 1 fully saturated rings. The predicted octanol–water partition coefficient (Wildman–Crippen LogP) is 2.55. The first kappa shape index (κ1) is 13.1. The van der Waals surface area contributed by atoms with Crippen LogP contribution in [0.25, 0.3) is 0 Å². The van der Waals surface area contributed by atoms with E-state index in [4.69, 9.17) is 0 Å². The van der Waals surface area contributed by atoms with E-state index in [1.807, 2.05) is 0 Å². The highest BCUT2D eigenvalue weighted by Gasteiger charge is 2.27. The average Bonchev–Trinajstić information content (AvgIpc) is 3.19. The molecular weight excluding hydrogens is 260 g/mol. The minimum absolute atomic E-state index is 0.628. The second-order valence-electron chi connectivity index (χ2n) is 6.62. The van der Waals surface area contributed by atoms with Crippen molar-refractivity contribution in [1.82, 2.24) is 19.0 Å². The number of likely N-dealkylation sites (tertiary alicyclic amines) is 1. The van der Waals surface area contributed by atoms with Crippen molar-refractivity contribution in [2.45, 2.75) is 44.7 Å². The Kier molecular flexibility index (Phi) is 3.34. The summed E-state index contributed by atoms with van der Waals surface area (Å²) in [6.07, 6.45) is 12.8. The van der Waals surface area contributed by atoms with Crippen molar-refractivity contribution >= 4 is 0 Å². The smallest absolute Gasteiger partial charge is 0.0954 e. The fraction of sp³-hybridized carbons (Fsp3) is 0.588. The van der Waals surface area contributed by atoms with Gasteiger partial charge in [0.05, 0.1) is 12.0 Å². The van der Waals surface area contributed by atoms with Crippen LogP contribution >= 0.6 is 0 Å². The molecule has 0 saturated carbocycles. The molecule has 0 unspecified atom stereocenters. The summed E-state index contributed by atoms with van der Waals surface area (Å²) in [6.45, 7) is 3.44. The maximum absolute atomic E-state index is 4.65. The van der Waals surface area contributed by atoms with Crippen LogP contribution < -0.4 is 0 Å². The zero-order valence-electron chi connectivity index (χ0n) is 12.8. The molecular formula is C17H24N4. The molecule has 0 radical (unpaired) electrons. The molecule has 2 aromatic rings. The van der Waals surface area contributed by atoms with Gasteiger partial charge in [0.15, 0.2) is 0 Å². The SMILES string of the molecule is Cn1ccc(CN2CC[C@@H](n3cnc4c3CCCC4)C2)c1. The molecule has 2 aliphatic rings. The fourth-order valence-electron chi connectivity index (χ4n) is 3.90. The Morgan fingerprint density at radius 2 is 2.19 bits per heavy atom. The van der Waals surface area contributed by atoms with Crippen molar-refractivity contribution in [3.05, 3.63) is 41.7 Å². The van der Waals surface area contributed by atoms with Crippen LogP contribution in [0.5, 0.6) is 0 Å². The normalized spacial score (nSPS) is 22.6. The van der Waals surface area contributed by atoms with Gasteiger partial charge in [0, 0.05) is 50.8 Å². The second kappa shape index (κ2) is 5.34. The predicted molar refractivity (Wildman–Crippen MR) is 83.2 cm³/mol. The molecule has 112 valence electrons. The van der Waals surface area contributed by atoms with Gasteiger partial charge in [-0.15, -0.1) is 0 Å². The van der Waals surface area contributed by atoms with Crippen molar-refractivity contribution in [1.29, 1.82) is 0 Å². The molecule has 2 aromatic heterocycles. The van der Waals surface area contributed by atoms with Gasteiger partial charge < -0.3 is 9.13 Å². The standard InChI is InChI=1S/C17H24N4/c1-19-8-6-14(10-19)11-20-9-7-15(12-20)21-13-18-16-4-2-3-5-17(16)21/h6,8,10,13,15H,2-5,7,9,11-12H2,1H3/t15-/m1/s1. The molecule has 1 atom stereocenters. The summed E-state index contributed by atoms with van der Waals surface area (Å²) >= 11 is 0. The minimum atomic E-state index is 0.628. The Morgan fingerprint density at radius 3 is 3.05 bits per heavy atom. The van der Waals surface area contributed by atoms with Gasteiger partial charge in [0.25, 0.3) is 0 Å². The third-order valence-electron chi connectivity index (χ3n) is 5.00. The molecule has 1 saturated heterocycles. The third kappa shape index (κ3) is 2.53. The molecule has 0 bridgehead atoms. The lowest BCUT2D eigenvalue weighted by molar-refractivity contribution is 0.315. The van der Waals surface area contributed by atoms with Crippen molar-refractivity contribution in [2.24, 2.45) is 7.05 Å². The van der Waals surface area contributed by atoms with Gasteiger partial charge in [0.2, 0.25) is 0 Å².